The van der Waals surface area contributed by atoms with Crippen LogP contribution in [0.5, 0.6) is 11.5 Å². The molecular weight excluding hydrogens is 298 g/mol. The number of benzene rings is 2. The molecule has 6 heteroatoms. The number of ether oxygens (including phenoxy) is 2. The number of aromatic hydroxyl groups is 1. The lowest BCUT2D eigenvalue weighted by Crippen LogP contribution is -2.21. The molecule has 0 heterocycles. The molecule has 120 valence electrons. The molecule has 0 aliphatic rings. The number of hydrogen-bond donors (Lipinski definition) is 2. The van der Waals surface area contributed by atoms with Crippen molar-refractivity contribution in [3.8, 4) is 11.5 Å². The quantitative estimate of drug-likeness (QED) is 0.828. The van der Waals surface area contributed by atoms with Gasteiger partial charge in [-0.05, 0) is 31.2 Å². The minimum absolute atomic E-state index is 0.0270. The third-order valence-electron chi connectivity index (χ3n) is 3.06. The van der Waals surface area contributed by atoms with Crippen molar-refractivity contribution in [2.24, 2.45) is 0 Å². The van der Waals surface area contributed by atoms with Crippen LogP contribution in [-0.4, -0.2) is 30.7 Å². The average molecular weight is 315 g/mol. The second-order valence-electron chi connectivity index (χ2n) is 4.88. The summed E-state index contributed by atoms with van der Waals surface area (Å²) in [7, 11) is 1.52. The summed E-state index contributed by atoms with van der Waals surface area (Å²) in [5.74, 6) is -0.830. The maximum absolute atomic E-state index is 11.9. The highest BCUT2D eigenvalue weighted by Gasteiger charge is 2.14. The number of nitrogens with one attached hydrogen (secondary N) is 1. The number of carbonyl (C=O) groups excluding carboxylic acids is 2. The number of anilines is 1. The maximum atomic E-state index is 11.9. The van der Waals surface area contributed by atoms with Gasteiger partial charge in [-0.3, -0.25) is 4.79 Å². The van der Waals surface area contributed by atoms with E-state index in [1.54, 1.807) is 37.3 Å². The molecule has 0 atom stereocenters. The Bertz CT molecular complexity index is 727. The molecule has 0 saturated heterocycles. The summed E-state index contributed by atoms with van der Waals surface area (Å²) in [5, 5.41) is 12.2. The molecule has 0 bridgehead atoms. The van der Waals surface area contributed by atoms with Crippen molar-refractivity contribution < 1.29 is 24.2 Å². The van der Waals surface area contributed by atoms with Gasteiger partial charge < -0.3 is 19.9 Å². The van der Waals surface area contributed by atoms with Crippen LogP contribution < -0.4 is 10.1 Å². The predicted octanol–water partition coefficient (Wildman–Crippen LogP) is 2.50. The van der Waals surface area contributed by atoms with Crippen LogP contribution in [0.15, 0.2) is 42.5 Å². The van der Waals surface area contributed by atoms with E-state index >= 15 is 0 Å². The van der Waals surface area contributed by atoms with E-state index in [1.165, 1.54) is 19.2 Å². The highest BCUT2D eigenvalue weighted by molar-refractivity contribution is 5.96. The standard InChI is InChI=1S/C17H17NO5/c1-11-6-7-15(19)14(8-11)17(21)23-10-16(20)18-12-4-3-5-13(9-12)22-2/h3-9,19H,10H2,1-2H3,(H,18,20). The van der Waals surface area contributed by atoms with Crippen LogP contribution in [0.1, 0.15) is 15.9 Å². The van der Waals surface area contributed by atoms with Gasteiger partial charge in [-0.1, -0.05) is 17.7 Å². The van der Waals surface area contributed by atoms with E-state index in [9.17, 15) is 14.7 Å². The Kier molecular flexibility index (Phi) is 5.19. The van der Waals surface area contributed by atoms with E-state index in [1.807, 2.05) is 0 Å². The Morgan fingerprint density at radius 1 is 1.17 bits per heavy atom. The number of rotatable bonds is 5. The van der Waals surface area contributed by atoms with Gasteiger partial charge in [0, 0.05) is 11.8 Å². The lowest BCUT2D eigenvalue weighted by atomic mass is 10.1. The zero-order chi connectivity index (χ0) is 16.8. The van der Waals surface area contributed by atoms with E-state index < -0.39 is 18.5 Å². The highest BCUT2D eigenvalue weighted by atomic mass is 16.5. The summed E-state index contributed by atoms with van der Waals surface area (Å²) in [6.07, 6.45) is 0. The lowest BCUT2D eigenvalue weighted by Gasteiger charge is -2.09. The second kappa shape index (κ2) is 7.31. The minimum Gasteiger partial charge on any atom is -0.507 e. The van der Waals surface area contributed by atoms with Crippen LogP contribution in [0.25, 0.3) is 0 Å². The maximum Gasteiger partial charge on any atom is 0.342 e. The van der Waals surface area contributed by atoms with Gasteiger partial charge in [0.2, 0.25) is 0 Å². The highest BCUT2D eigenvalue weighted by Crippen LogP contribution is 2.19. The molecule has 0 radical (unpaired) electrons. The van der Waals surface area contributed by atoms with Crippen LogP contribution in [-0.2, 0) is 9.53 Å². The number of aryl methyl sites for hydroxylation is 1. The number of phenols is 1. The van der Waals surface area contributed by atoms with Gasteiger partial charge >= 0.3 is 5.97 Å². The Morgan fingerprint density at radius 2 is 1.96 bits per heavy atom. The molecule has 2 rings (SSSR count). The summed E-state index contributed by atoms with van der Waals surface area (Å²) in [4.78, 5) is 23.7. The van der Waals surface area contributed by atoms with Crippen molar-refractivity contribution in [3.63, 3.8) is 0 Å². The first-order chi connectivity index (χ1) is 11.0. The third kappa shape index (κ3) is 4.47. The fraction of sp³-hybridized carbons (Fsp3) is 0.176. The van der Waals surface area contributed by atoms with Crippen LogP contribution in [0.2, 0.25) is 0 Å². The van der Waals surface area contributed by atoms with Gasteiger partial charge in [0.25, 0.3) is 5.91 Å². The molecule has 1 amide bonds. The van der Waals surface area contributed by atoms with E-state index in [-0.39, 0.29) is 11.3 Å². The summed E-state index contributed by atoms with van der Waals surface area (Å²) >= 11 is 0. The van der Waals surface area contributed by atoms with Gasteiger partial charge in [-0.15, -0.1) is 0 Å². The van der Waals surface area contributed by atoms with E-state index in [2.05, 4.69) is 5.32 Å². The van der Waals surface area contributed by atoms with Gasteiger partial charge in [0.15, 0.2) is 6.61 Å². The van der Waals surface area contributed by atoms with Crippen LogP contribution in [0.3, 0.4) is 0 Å². The number of hydrogen-bond acceptors (Lipinski definition) is 5. The summed E-state index contributed by atoms with van der Waals surface area (Å²) in [6, 6.07) is 11.4. The van der Waals surface area contributed by atoms with Gasteiger partial charge in [0.05, 0.1) is 7.11 Å². The number of phenolic OH excluding ortho intramolecular Hbond substituents is 1. The smallest absolute Gasteiger partial charge is 0.342 e. The molecule has 2 aromatic rings. The van der Waals surface area contributed by atoms with Crippen LogP contribution >= 0.6 is 0 Å². The normalized spacial score (nSPS) is 10.0. The van der Waals surface area contributed by atoms with Crippen molar-refractivity contribution in [2.75, 3.05) is 19.0 Å². The molecule has 0 unspecified atom stereocenters. The molecular formula is C17H17NO5. The van der Waals surface area contributed by atoms with Crippen molar-refractivity contribution in [1.29, 1.82) is 0 Å². The Labute approximate surface area is 133 Å². The zero-order valence-corrected chi connectivity index (χ0v) is 12.8. The van der Waals surface area contributed by atoms with Crippen molar-refractivity contribution in [1.82, 2.24) is 0 Å². The van der Waals surface area contributed by atoms with Crippen LogP contribution in [0.4, 0.5) is 5.69 Å². The van der Waals surface area contributed by atoms with Crippen molar-refractivity contribution in [2.45, 2.75) is 6.92 Å². The molecule has 2 N–H and O–H groups in total. The molecule has 0 aliphatic heterocycles. The number of amides is 1. The van der Waals surface area contributed by atoms with Crippen molar-refractivity contribution in [3.05, 3.63) is 53.6 Å². The van der Waals surface area contributed by atoms with Gasteiger partial charge in [-0.25, -0.2) is 4.79 Å². The molecule has 0 fully saturated rings. The van der Waals surface area contributed by atoms with E-state index in [4.69, 9.17) is 9.47 Å². The lowest BCUT2D eigenvalue weighted by molar-refractivity contribution is -0.119. The molecule has 0 saturated carbocycles. The Morgan fingerprint density at radius 3 is 2.70 bits per heavy atom. The topological polar surface area (TPSA) is 84.9 Å². The summed E-state index contributed by atoms with van der Waals surface area (Å²) in [6.45, 7) is 1.33. The van der Waals surface area contributed by atoms with Crippen LogP contribution in [0, 0.1) is 6.92 Å². The molecule has 6 nitrogen and oxygen atoms in total. The summed E-state index contributed by atoms with van der Waals surface area (Å²) < 4.78 is 9.96. The molecule has 2 aromatic carbocycles. The molecule has 23 heavy (non-hydrogen) atoms. The first kappa shape index (κ1) is 16.4. The van der Waals surface area contributed by atoms with Gasteiger partial charge in [0.1, 0.15) is 17.1 Å². The zero-order valence-electron chi connectivity index (χ0n) is 12.8. The molecule has 0 aliphatic carbocycles. The second-order valence-corrected chi connectivity index (χ2v) is 4.88. The fourth-order valence-electron chi connectivity index (χ4n) is 1.92. The van der Waals surface area contributed by atoms with E-state index in [0.717, 1.165) is 5.56 Å². The fourth-order valence-corrected chi connectivity index (χ4v) is 1.92. The first-order valence-corrected chi connectivity index (χ1v) is 6.90. The first-order valence-electron chi connectivity index (χ1n) is 6.90. The molecule has 0 spiro atoms. The Hall–Kier alpha value is -3.02. The van der Waals surface area contributed by atoms with Crippen molar-refractivity contribution >= 4 is 17.6 Å². The predicted molar refractivity (Wildman–Crippen MR) is 84.8 cm³/mol. The third-order valence-corrected chi connectivity index (χ3v) is 3.06. The monoisotopic (exact) mass is 315 g/mol. The minimum atomic E-state index is -0.757. The average Bonchev–Trinajstić information content (AvgIpc) is 2.55. The SMILES string of the molecule is COc1cccc(NC(=O)COC(=O)c2cc(C)ccc2O)c1. The number of esters is 1. The summed E-state index contributed by atoms with van der Waals surface area (Å²) in [5.41, 5.74) is 1.36. The number of carbonyl (C=O) groups is 2. The van der Waals surface area contributed by atoms with E-state index in [0.29, 0.717) is 11.4 Å². The largest absolute Gasteiger partial charge is 0.507 e. The number of methoxy groups -OCH3 is 1. The molecule has 0 aromatic heterocycles. The Balaban J connectivity index is 1.93. The van der Waals surface area contributed by atoms with Gasteiger partial charge in [-0.2, -0.15) is 0 Å².